The van der Waals surface area contributed by atoms with Crippen LogP contribution in [0, 0.1) is 0 Å². The fourth-order valence-electron chi connectivity index (χ4n) is 1.38. The van der Waals surface area contributed by atoms with E-state index < -0.39 is 0 Å². The van der Waals surface area contributed by atoms with E-state index in [9.17, 15) is 4.79 Å². The number of amides is 1. The molecule has 3 N–H and O–H groups in total. The summed E-state index contributed by atoms with van der Waals surface area (Å²) in [6.45, 7) is 0. The monoisotopic (exact) mass is 325 g/mol. The van der Waals surface area contributed by atoms with Crippen molar-refractivity contribution in [2.75, 3.05) is 11.1 Å². The minimum atomic E-state index is -0.337. The summed E-state index contributed by atoms with van der Waals surface area (Å²) in [4.78, 5) is 16.0. The Morgan fingerprint density at radius 1 is 1.39 bits per heavy atom. The van der Waals surface area contributed by atoms with Crippen molar-refractivity contribution in [3.05, 3.63) is 51.7 Å². The molecule has 0 atom stereocenters. The smallest absolute Gasteiger partial charge is 0.275 e. The zero-order chi connectivity index (χ0) is 13.1. The van der Waals surface area contributed by atoms with Crippen LogP contribution in [0.15, 0.2) is 41.0 Å². The van der Waals surface area contributed by atoms with E-state index >= 15 is 0 Å². The number of halogens is 2. The molecule has 2 aromatic rings. The molecule has 18 heavy (non-hydrogen) atoms. The molecule has 0 bridgehead atoms. The quantitative estimate of drug-likeness (QED) is 0.832. The summed E-state index contributed by atoms with van der Waals surface area (Å²) in [5.74, 6) is -0.337. The van der Waals surface area contributed by atoms with E-state index in [0.717, 1.165) is 0 Å². The molecular formula is C12H9BrClN3O. The average molecular weight is 327 g/mol. The van der Waals surface area contributed by atoms with Gasteiger partial charge in [0.25, 0.3) is 5.91 Å². The molecule has 0 unspecified atom stereocenters. The van der Waals surface area contributed by atoms with Crippen molar-refractivity contribution in [1.29, 1.82) is 0 Å². The zero-order valence-corrected chi connectivity index (χ0v) is 11.5. The van der Waals surface area contributed by atoms with Gasteiger partial charge in [-0.25, -0.2) is 4.98 Å². The first-order valence-corrected chi connectivity index (χ1v) is 6.22. The van der Waals surface area contributed by atoms with Crippen molar-refractivity contribution >= 4 is 44.8 Å². The molecule has 1 aromatic heterocycles. The number of carbonyl (C=O) groups excluding carboxylic acids is 1. The number of nitrogens with two attached hydrogens (primary N) is 1. The third-order valence-corrected chi connectivity index (χ3v) is 3.11. The van der Waals surface area contributed by atoms with Crippen molar-refractivity contribution in [2.45, 2.75) is 0 Å². The van der Waals surface area contributed by atoms with Crippen LogP contribution in [0.3, 0.4) is 0 Å². The number of rotatable bonds is 2. The van der Waals surface area contributed by atoms with Gasteiger partial charge in [-0.2, -0.15) is 0 Å². The minimum Gasteiger partial charge on any atom is -0.397 e. The lowest BCUT2D eigenvalue weighted by Crippen LogP contribution is -2.15. The first-order valence-electron chi connectivity index (χ1n) is 5.05. The van der Waals surface area contributed by atoms with Crippen LogP contribution in [0.1, 0.15) is 10.5 Å². The summed E-state index contributed by atoms with van der Waals surface area (Å²) in [7, 11) is 0. The van der Waals surface area contributed by atoms with Crippen molar-refractivity contribution < 1.29 is 4.79 Å². The van der Waals surface area contributed by atoms with Gasteiger partial charge < -0.3 is 11.1 Å². The standard InChI is InChI=1S/C12H9BrClN3O/c13-8-2-1-5-16-11(8)12(18)17-10-4-3-7(14)6-9(10)15/h1-6H,15H2,(H,17,18). The lowest BCUT2D eigenvalue weighted by atomic mass is 10.2. The number of anilines is 2. The minimum absolute atomic E-state index is 0.298. The predicted octanol–water partition coefficient (Wildman–Crippen LogP) is 3.33. The molecule has 1 aromatic carbocycles. The largest absolute Gasteiger partial charge is 0.397 e. The molecule has 0 spiro atoms. The molecule has 1 amide bonds. The topological polar surface area (TPSA) is 68.0 Å². The highest BCUT2D eigenvalue weighted by atomic mass is 79.9. The van der Waals surface area contributed by atoms with Crippen LogP contribution in [-0.2, 0) is 0 Å². The van der Waals surface area contributed by atoms with Gasteiger partial charge in [0.2, 0.25) is 0 Å². The molecule has 6 heteroatoms. The molecule has 0 fully saturated rings. The Balaban J connectivity index is 2.24. The molecule has 0 aliphatic heterocycles. The third kappa shape index (κ3) is 2.80. The average Bonchev–Trinajstić information content (AvgIpc) is 2.33. The lowest BCUT2D eigenvalue weighted by molar-refractivity contribution is 0.102. The van der Waals surface area contributed by atoms with Crippen LogP contribution >= 0.6 is 27.5 Å². The first-order chi connectivity index (χ1) is 8.58. The van der Waals surface area contributed by atoms with Crippen molar-refractivity contribution in [3.63, 3.8) is 0 Å². The number of nitrogen functional groups attached to an aromatic ring is 1. The Bertz CT molecular complexity index is 604. The van der Waals surface area contributed by atoms with Crippen LogP contribution in [0.5, 0.6) is 0 Å². The number of pyridine rings is 1. The zero-order valence-electron chi connectivity index (χ0n) is 9.15. The van der Waals surface area contributed by atoms with Gasteiger partial charge >= 0.3 is 0 Å². The number of hydrogen-bond acceptors (Lipinski definition) is 3. The summed E-state index contributed by atoms with van der Waals surface area (Å²) in [6.07, 6.45) is 1.55. The van der Waals surface area contributed by atoms with Crippen LogP contribution in [0.25, 0.3) is 0 Å². The first kappa shape index (κ1) is 12.9. The van der Waals surface area contributed by atoms with Crippen molar-refractivity contribution in [1.82, 2.24) is 4.98 Å². The summed E-state index contributed by atoms with van der Waals surface area (Å²) < 4.78 is 0.620. The fraction of sp³-hybridized carbons (Fsp3) is 0. The van der Waals surface area contributed by atoms with E-state index in [1.54, 1.807) is 36.5 Å². The Labute approximate surface area is 117 Å². The maximum atomic E-state index is 12.0. The maximum absolute atomic E-state index is 12.0. The molecule has 0 saturated heterocycles. The number of aromatic nitrogens is 1. The summed E-state index contributed by atoms with van der Waals surface area (Å²) in [5, 5.41) is 3.20. The Hall–Kier alpha value is -1.59. The second kappa shape index (κ2) is 5.37. The summed E-state index contributed by atoms with van der Waals surface area (Å²) in [6, 6.07) is 8.35. The Kier molecular flexibility index (Phi) is 3.84. The van der Waals surface area contributed by atoms with E-state index in [4.69, 9.17) is 17.3 Å². The number of nitrogens with zero attached hydrogens (tertiary/aromatic N) is 1. The van der Waals surface area contributed by atoms with Gasteiger partial charge in [0.1, 0.15) is 5.69 Å². The fourth-order valence-corrected chi connectivity index (χ4v) is 2.00. The molecule has 0 saturated carbocycles. The van der Waals surface area contributed by atoms with Gasteiger partial charge in [-0.05, 0) is 46.3 Å². The molecule has 0 aliphatic rings. The molecule has 0 aliphatic carbocycles. The Morgan fingerprint density at radius 2 is 2.17 bits per heavy atom. The predicted molar refractivity (Wildman–Crippen MR) is 75.8 cm³/mol. The van der Waals surface area contributed by atoms with E-state index in [1.165, 1.54) is 0 Å². The molecule has 92 valence electrons. The maximum Gasteiger partial charge on any atom is 0.275 e. The number of benzene rings is 1. The molecule has 2 rings (SSSR count). The van der Waals surface area contributed by atoms with Gasteiger partial charge in [0, 0.05) is 15.7 Å². The van der Waals surface area contributed by atoms with Gasteiger partial charge in [-0.15, -0.1) is 0 Å². The molecule has 4 nitrogen and oxygen atoms in total. The number of nitrogens with one attached hydrogen (secondary N) is 1. The number of carbonyl (C=O) groups is 1. The highest BCUT2D eigenvalue weighted by Gasteiger charge is 2.12. The van der Waals surface area contributed by atoms with Crippen molar-refractivity contribution in [2.24, 2.45) is 0 Å². The summed E-state index contributed by atoms with van der Waals surface area (Å²) in [5.41, 5.74) is 6.96. The highest BCUT2D eigenvalue weighted by molar-refractivity contribution is 9.10. The second-order valence-electron chi connectivity index (χ2n) is 3.52. The lowest BCUT2D eigenvalue weighted by Gasteiger charge is -2.08. The Morgan fingerprint density at radius 3 is 2.83 bits per heavy atom. The molecule has 1 heterocycles. The highest BCUT2D eigenvalue weighted by Crippen LogP contribution is 2.23. The third-order valence-electron chi connectivity index (χ3n) is 2.24. The van der Waals surface area contributed by atoms with Crippen LogP contribution in [0.2, 0.25) is 5.02 Å². The summed E-state index contributed by atoms with van der Waals surface area (Å²) >= 11 is 9.05. The molecular weight excluding hydrogens is 318 g/mol. The van der Waals surface area contributed by atoms with E-state index in [2.05, 4.69) is 26.2 Å². The number of hydrogen-bond donors (Lipinski definition) is 2. The normalized spacial score (nSPS) is 10.1. The van der Waals surface area contributed by atoms with Crippen LogP contribution in [0.4, 0.5) is 11.4 Å². The second-order valence-corrected chi connectivity index (χ2v) is 4.81. The van der Waals surface area contributed by atoms with Gasteiger partial charge in [0.15, 0.2) is 0 Å². The van der Waals surface area contributed by atoms with E-state index in [0.29, 0.717) is 26.6 Å². The van der Waals surface area contributed by atoms with Gasteiger partial charge in [-0.1, -0.05) is 11.6 Å². The van der Waals surface area contributed by atoms with Crippen molar-refractivity contribution in [3.8, 4) is 0 Å². The van der Waals surface area contributed by atoms with Gasteiger partial charge in [0.05, 0.1) is 11.4 Å². The van der Waals surface area contributed by atoms with Crippen LogP contribution < -0.4 is 11.1 Å². The van der Waals surface area contributed by atoms with Gasteiger partial charge in [-0.3, -0.25) is 4.79 Å². The van der Waals surface area contributed by atoms with Crippen LogP contribution in [-0.4, -0.2) is 10.9 Å². The van der Waals surface area contributed by atoms with E-state index in [-0.39, 0.29) is 5.91 Å². The SMILES string of the molecule is Nc1cc(Cl)ccc1NC(=O)c1ncccc1Br. The molecule has 0 radical (unpaired) electrons. The van der Waals surface area contributed by atoms with E-state index in [1.807, 2.05) is 0 Å².